The summed E-state index contributed by atoms with van der Waals surface area (Å²) in [6, 6.07) is 8.04. The topological polar surface area (TPSA) is 82.8 Å². The highest BCUT2D eigenvalue weighted by Crippen LogP contribution is 2.26. The van der Waals surface area contributed by atoms with Gasteiger partial charge in [-0.25, -0.2) is 4.68 Å². The predicted octanol–water partition coefficient (Wildman–Crippen LogP) is 2.86. The molecule has 0 saturated heterocycles. The largest absolute Gasteiger partial charge is 0.361 e. The fraction of sp³-hybridized carbons (Fsp3) is 0.267. The summed E-state index contributed by atoms with van der Waals surface area (Å²) in [5.41, 5.74) is 4.11. The second kappa shape index (κ2) is 5.84. The summed E-state index contributed by atoms with van der Waals surface area (Å²) in [4.78, 5) is 0. The molecular weight excluding hydrogens is 298 g/mol. The summed E-state index contributed by atoms with van der Waals surface area (Å²) < 4.78 is 6.68. The molecule has 0 aliphatic heterocycles. The van der Waals surface area contributed by atoms with E-state index in [1.165, 1.54) is 22.0 Å². The van der Waals surface area contributed by atoms with Gasteiger partial charge < -0.3 is 10.4 Å². The van der Waals surface area contributed by atoms with Crippen LogP contribution in [0.5, 0.6) is 0 Å². The van der Waals surface area contributed by atoms with E-state index in [2.05, 4.69) is 15.4 Å². The zero-order chi connectivity index (χ0) is 15.7. The number of hydrogen-bond acceptors (Lipinski definition) is 6. The van der Waals surface area contributed by atoms with Crippen molar-refractivity contribution in [1.29, 1.82) is 0 Å². The van der Waals surface area contributed by atoms with Crippen LogP contribution in [0.3, 0.4) is 0 Å². The van der Waals surface area contributed by atoms with Crippen LogP contribution in [0.15, 0.2) is 33.9 Å². The molecule has 2 heterocycles. The molecule has 7 heteroatoms. The maximum atomic E-state index is 6.12. The van der Waals surface area contributed by atoms with Gasteiger partial charge in [0.25, 0.3) is 0 Å². The highest BCUT2D eigenvalue weighted by Gasteiger charge is 2.15. The first-order valence-electron chi connectivity index (χ1n) is 6.88. The Labute approximate surface area is 132 Å². The molecule has 2 aromatic heterocycles. The van der Waals surface area contributed by atoms with E-state index in [1.54, 1.807) is 0 Å². The van der Waals surface area contributed by atoms with Gasteiger partial charge in [0, 0.05) is 16.9 Å². The fourth-order valence-electron chi connectivity index (χ4n) is 2.12. The summed E-state index contributed by atoms with van der Waals surface area (Å²) in [6.45, 7) is 5.87. The lowest BCUT2D eigenvalue weighted by Gasteiger charge is -2.04. The highest BCUT2D eigenvalue weighted by atomic mass is 32.2. The van der Waals surface area contributed by atoms with E-state index in [1.807, 2.05) is 45.0 Å². The maximum absolute atomic E-state index is 6.12. The molecule has 0 aliphatic rings. The molecule has 2 N–H and O–H groups in total. The Morgan fingerprint density at radius 3 is 2.50 bits per heavy atom. The van der Waals surface area contributed by atoms with Gasteiger partial charge >= 0.3 is 0 Å². The first kappa shape index (κ1) is 14.6. The van der Waals surface area contributed by atoms with Crippen LogP contribution in [-0.4, -0.2) is 20.0 Å². The van der Waals surface area contributed by atoms with Crippen LogP contribution in [0.4, 0.5) is 0 Å². The number of rotatable bonds is 4. The van der Waals surface area contributed by atoms with E-state index in [-0.39, 0.29) is 0 Å². The third-order valence-corrected chi connectivity index (χ3v) is 4.47. The Bertz CT molecular complexity index is 771. The number of thioether (sulfide) groups is 1. The molecular formula is C15H17N5OS. The molecule has 0 atom stereocenters. The predicted molar refractivity (Wildman–Crippen MR) is 85.9 cm³/mol. The monoisotopic (exact) mass is 315 g/mol. The van der Waals surface area contributed by atoms with Gasteiger partial charge in [0.05, 0.1) is 5.69 Å². The summed E-state index contributed by atoms with van der Waals surface area (Å²) in [5, 5.41) is 13.0. The molecule has 0 spiro atoms. The molecule has 0 fully saturated rings. The van der Waals surface area contributed by atoms with Gasteiger partial charge in [0.15, 0.2) is 5.82 Å². The zero-order valence-electron chi connectivity index (χ0n) is 12.7. The fourth-order valence-corrected chi connectivity index (χ4v) is 3.13. The lowest BCUT2D eigenvalue weighted by molar-refractivity contribution is 0.392. The van der Waals surface area contributed by atoms with Gasteiger partial charge in [-0.05, 0) is 20.8 Å². The Hall–Kier alpha value is -2.28. The normalized spacial score (nSPS) is 11.0. The van der Waals surface area contributed by atoms with Gasteiger partial charge in [-0.2, -0.15) is 0 Å². The minimum absolute atomic E-state index is 0.654. The van der Waals surface area contributed by atoms with Gasteiger partial charge in [0.1, 0.15) is 5.76 Å². The second-order valence-corrected chi connectivity index (χ2v) is 6.08. The quantitative estimate of drug-likeness (QED) is 0.589. The number of nitrogen functional groups attached to an aromatic ring is 1. The minimum Gasteiger partial charge on any atom is -0.361 e. The van der Waals surface area contributed by atoms with Gasteiger partial charge in [-0.1, -0.05) is 46.7 Å². The molecule has 114 valence electrons. The Balaban J connectivity index is 1.80. The maximum Gasteiger partial charge on any atom is 0.210 e. The third-order valence-electron chi connectivity index (χ3n) is 3.50. The number of nitrogens with two attached hydrogens (primary N) is 1. The molecule has 0 aliphatic carbocycles. The van der Waals surface area contributed by atoms with E-state index < -0.39 is 0 Å². The molecule has 1 aromatic carbocycles. The summed E-state index contributed by atoms with van der Waals surface area (Å²) in [5.74, 6) is 8.30. The van der Waals surface area contributed by atoms with Crippen LogP contribution in [0, 0.1) is 20.8 Å². The summed E-state index contributed by atoms with van der Waals surface area (Å²) in [7, 11) is 0. The van der Waals surface area contributed by atoms with Crippen molar-refractivity contribution < 1.29 is 4.52 Å². The van der Waals surface area contributed by atoms with Crippen LogP contribution in [0.2, 0.25) is 0 Å². The molecule has 0 bridgehead atoms. The molecule has 0 amide bonds. The molecule has 3 rings (SSSR count). The molecule has 6 nitrogen and oxygen atoms in total. The van der Waals surface area contributed by atoms with Crippen molar-refractivity contribution in [2.75, 3.05) is 5.84 Å². The van der Waals surface area contributed by atoms with Crippen molar-refractivity contribution in [1.82, 2.24) is 20.0 Å². The number of aromatic nitrogens is 4. The number of nitrogens with zero attached hydrogens (tertiary/aromatic N) is 4. The van der Waals surface area contributed by atoms with Crippen LogP contribution in [0.25, 0.3) is 11.4 Å². The Morgan fingerprint density at radius 1 is 1.14 bits per heavy atom. The van der Waals surface area contributed by atoms with E-state index in [9.17, 15) is 0 Å². The van der Waals surface area contributed by atoms with Crippen LogP contribution >= 0.6 is 11.8 Å². The van der Waals surface area contributed by atoms with Crippen LogP contribution < -0.4 is 5.84 Å². The summed E-state index contributed by atoms with van der Waals surface area (Å²) >= 11 is 1.52. The average Bonchev–Trinajstić information content (AvgIpc) is 3.02. The van der Waals surface area contributed by atoms with Crippen molar-refractivity contribution in [3.8, 4) is 11.4 Å². The molecule has 0 unspecified atom stereocenters. The summed E-state index contributed by atoms with van der Waals surface area (Å²) in [6.07, 6.45) is 0. The van der Waals surface area contributed by atoms with E-state index in [4.69, 9.17) is 10.4 Å². The first-order valence-corrected chi connectivity index (χ1v) is 7.87. The number of benzene rings is 1. The van der Waals surface area contributed by atoms with Crippen molar-refractivity contribution in [3.05, 3.63) is 46.8 Å². The van der Waals surface area contributed by atoms with E-state index in [0.717, 1.165) is 22.6 Å². The SMILES string of the molecule is Cc1ccc(-c2nnc(SCc3c(C)noc3C)n2N)cc1. The van der Waals surface area contributed by atoms with E-state index >= 15 is 0 Å². The standard InChI is InChI=1S/C15H17N5OS/c1-9-4-6-12(7-5-9)14-17-18-15(20(14)16)22-8-13-10(2)19-21-11(13)3/h4-7H,8,16H2,1-3H3. The van der Waals surface area contributed by atoms with Crippen LogP contribution in [0.1, 0.15) is 22.6 Å². The van der Waals surface area contributed by atoms with Crippen molar-refractivity contribution >= 4 is 11.8 Å². The van der Waals surface area contributed by atoms with Crippen LogP contribution in [-0.2, 0) is 5.75 Å². The second-order valence-electron chi connectivity index (χ2n) is 5.13. The highest BCUT2D eigenvalue weighted by molar-refractivity contribution is 7.98. The number of hydrogen-bond donors (Lipinski definition) is 1. The lowest BCUT2D eigenvalue weighted by Crippen LogP contribution is -2.11. The first-order chi connectivity index (χ1) is 10.6. The minimum atomic E-state index is 0.654. The smallest absolute Gasteiger partial charge is 0.210 e. The Kier molecular flexibility index (Phi) is 3.89. The third kappa shape index (κ3) is 2.71. The van der Waals surface area contributed by atoms with Crippen molar-refractivity contribution in [2.45, 2.75) is 31.7 Å². The van der Waals surface area contributed by atoms with Gasteiger partial charge in [0.2, 0.25) is 5.16 Å². The molecule has 3 aromatic rings. The molecule has 0 radical (unpaired) electrons. The van der Waals surface area contributed by atoms with Gasteiger partial charge in [-0.3, -0.25) is 0 Å². The number of aryl methyl sites for hydroxylation is 3. The van der Waals surface area contributed by atoms with Crippen molar-refractivity contribution in [2.24, 2.45) is 0 Å². The van der Waals surface area contributed by atoms with Gasteiger partial charge in [-0.15, -0.1) is 10.2 Å². The lowest BCUT2D eigenvalue weighted by atomic mass is 10.1. The molecule has 0 saturated carbocycles. The average molecular weight is 315 g/mol. The Morgan fingerprint density at radius 2 is 1.86 bits per heavy atom. The molecule has 22 heavy (non-hydrogen) atoms. The zero-order valence-corrected chi connectivity index (χ0v) is 13.5. The van der Waals surface area contributed by atoms with Crippen molar-refractivity contribution in [3.63, 3.8) is 0 Å². The van der Waals surface area contributed by atoms with E-state index in [0.29, 0.717) is 16.7 Å².